The van der Waals surface area contributed by atoms with Crippen LogP contribution in [0.5, 0.6) is 0 Å². The van der Waals surface area contributed by atoms with Crippen molar-refractivity contribution in [1.29, 1.82) is 0 Å². The highest BCUT2D eigenvalue weighted by Gasteiger charge is 2.25. The minimum absolute atomic E-state index is 0.462. The van der Waals surface area contributed by atoms with Gasteiger partial charge in [-0.3, -0.25) is 0 Å². The molecule has 0 atom stereocenters. The van der Waals surface area contributed by atoms with Gasteiger partial charge in [-0.15, -0.1) is 0 Å². The van der Waals surface area contributed by atoms with E-state index in [1.54, 1.807) is 18.2 Å². The van der Waals surface area contributed by atoms with Crippen molar-refractivity contribution in [3.05, 3.63) is 42.5 Å². The van der Waals surface area contributed by atoms with Crippen LogP contribution in [0.4, 0.5) is 5.69 Å². The number of carboxylic acids is 2. The van der Waals surface area contributed by atoms with Crippen LogP contribution in [0.25, 0.3) is 10.8 Å². The molecule has 2 aromatic carbocycles. The van der Waals surface area contributed by atoms with Crippen molar-refractivity contribution >= 4 is 28.4 Å². The Hall–Kier alpha value is -2.56. The molecule has 0 spiro atoms. The maximum Gasteiger partial charge on any atom is 0.337 e. The number of benzene rings is 2. The van der Waals surface area contributed by atoms with Gasteiger partial charge in [0.15, 0.2) is 0 Å². The van der Waals surface area contributed by atoms with Crippen LogP contribution >= 0.6 is 0 Å². The first kappa shape index (κ1) is 11.9. The largest absolute Gasteiger partial charge is 0.479 e. The zero-order valence-electron chi connectivity index (χ0n) is 9.33. The summed E-state index contributed by atoms with van der Waals surface area (Å²) in [5.74, 6) is -2.84. The van der Waals surface area contributed by atoms with Crippen LogP contribution in [0, 0.1) is 0 Å². The summed E-state index contributed by atoms with van der Waals surface area (Å²) in [7, 11) is 0. The number of carboxylic acid groups (broad SMARTS) is 2. The van der Waals surface area contributed by atoms with Crippen LogP contribution in [-0.4, -0.2) is 28.2 Å². The van der Waals surface area contributed by atoms with E-state index in [0.29, 0.717) is 5.69 Å². The lowest BCUT2D eigenvalue weighted by Crippen LogP contribution is -2.37. The second-order valence-electron chi connectivity index (χ2n) is 3.82. The number of hydrogen-bond donors (Lipinski definition) is 3. The fraction of sp³-hybridized carbons (Fsp3) is 0.0769. The Bertz CT molecular complexity index is 595. The average molecular weight is 245 g/mol. The molecule has 0 aliphatic carbocycles. The number of hydrogen-bond acceptors (Lipinski definition) is 3. The number of fused-ring (bicyclic) bond motifs is 1. The Morgan fingerprint density at radius 3 is 2.17 bits per heavy atom. The van der Waals surface area contributed by atoms with Crippen LogP contribution in [0.15, 0.2) is 42.5 Å². The quantitative estimate of drug-likeness (QED) is 0.715. The summed E-state index contributed by atoms with van der Waals surface area (Å²) in [6, 6.07) is 11.1. The van der Waals surface area contributed by atoms with Gasteiger partial charge in [0, 0.05) is 5.69 Å². The molecule has 0 radical (unpaired) electrons. The summed E-state index contributed by atoms with van der Waals surface area (Å²) in [5.41, 5.74) is 0.462. The lowest BCUT2D eigenvalue weighted by molar-refractivity contribution is -0.148. The molecule has 0 aromatic heterocycles. The van der Waals surface area contributed by atoms with Crippen molar-refractivity contribution in [3.8, 4) is 0 Å². The summed E-state index contributed by atoms with van der Waals surface area (Å²) in [5, 5.41) is 21.9. The summed E-state index contributed by atoms with van der Waals surface area (Å²) in [6.07, 6.45) is 0. The lowest BCUT2D eigenvalue weighted by Gasteiger charge is -2.11. The first-order valence-electron chi connectivity index (χ1n) is 5.29. The minimum Gasteiger partial charge on any atom is -0.479 e. The van der Waals surface area contributed by atoms with Gasteiger partial charge in [-0.1, -0.05) is 30.3 Å². The third-order valence-electron chi connectivity index (χ3n) is 2.55. The van der Waals surface area contributed by atoms with E-state index in [1.807, 2.05) is 24.3 Å². The molecule has 0 saturated heterocycles. The highest BCUT2D eigenvalue weighted by atomic mass is 16.4. The van der Waals surface area contributed by atoms with Crippen LogP contribution in [0.2, 0.25) is 0 Å². The molecule has 0 saturated carbocycles. The van der Waals surface area contributed by atoms with E-state index in [1.165, 1.54) is 0 Å². The van der Waals surface area contributed by atoms with Gasteiger partial charge in [0.05, 0.1) is 0 Å². The fourth-order valence-electron chi connectivity index (χ4n) is 1.67. The zero-order valence-corrected chi connectivity index (χ0v) is 9.33. The van der Waals surface area contributed by atoms with Gasteiger partial charge >= 0.3 is 11.9 Å². The molecular formula is C13H11NO4. The molecule has 0 bridgehead atoms. The molecule has 5 heteroatoms. The SMILES string of the molecule is O=C(O)C(Nc1ccc2ccccc2c1)C(=O)O. The molecule has 92 valence electrons. The van der Waals surface area contributed by atoms with E-state index in [9.17, 15) is 9.59 Å². The standard InChI is InChI=1S/C13H11NO4/c15-12(16)11(13(17)18)14-10-6-5-8-3-1-2-4-9(8)7-10/h1-7,11,14H,(H,15,16)(H,17,18). The zero-order chi connectivity index (χ0) is 13.1. The van der Waals surface area contributed by atoms with E-state index in [-0.39, 0.29) is 0 Å². The first-order chi connectivity index (χ1) is 8.58. The number of nitrogens with one attached hydrogen (secondary N) is 1. The number of aliphatic carboxylic acids is 2. The molecule has 3 N–H and O–H groups in total. The Morgan fingerprint density at radius 1 is 0.944 bits per heavy atom. The van der Waals surface area contributed by atoms with Crippen LogP contribution in [0.1, 0.15) is 0 Å². The van der Waals surface area contributed by atoms with Crippen molar-refractivity contribution in [3.63, 3.8) is 0 Å². The molecular weight excluding hydrogens is 234 g/mol. The summed E-state index contributed by atoms with van der Waals surface area (Å²) in [6.45, 7) is 0. The van der Waals surface area contributed by atoms with Crippen LogP contribution in [0.3, 0.4) is 0 Å². The molecule has 2 aromatic rings. The van der Waals surface area contributed by atoms with Gasteiger partial charge in [0.1, 0.15) is 0 Å². The highest BCUT2D eigenvalue weighted by molar-refractivity contribution is 6.00. The van der Waals surface area contributed by atoms with Crippen molar-refractivity contribution < 1.29 is 19.8 Å². The molecule has 0 fully saturated rings. The van der Waals surface area contributed by atoms with Crippen molar-refractivity contribution in [2.24, 2.45) is 0 Å². The maximum atomic E-state index is 10.8. The van der Waals surface area contributed by atoms with E-state index >= 15 is 0 Å². The van der Waals surface area contributed by atoms with Crippen LogP contribution < -0.4 is 5.32 Å². The van der Waals surface area contributed by atoms with Gasteiger partial charge in [0.25, 0.3) is 0 Å². The Kier molecular flexibility index (Phi) is 3.14. The average Bonchev–Trinajstić information content (AvgIpc) is 2.35. The van der Waals surface area contributed by atoms with Crippen molar-refractivity contribution in [2.45, 2.75) is 6.04 Å². The van der Waals surface area contributed by atoms with Gasteiger partial charge in [-0.2, -0.15) is 0 Å². The van der Waals surface area contributed by atoms with Gasteiger partial charge in [-0.05, 0) is 22.9 Å². The predicted octanol–water partition coefficient (Wildman–Crippen LogP) is 1.79. The number of rotatable bonds is 4. The second kappa shape index (κ2) is 4.75. The number of anilines is 1. The molecule has 0 heterocycles. The molecule has 0 unspecified atom stereocenters. The monoisotopic (exact) mass is 245 g/mol. The Labute approximate surface area is 103 Å². The summed E-state index contributed by atoms with van der Waals surface area (Å²) < 4.78 is 0. The molecule has 0 amide bonds. The third-order valence-corrected chi connectivity index (χ3v) is 2.55. The molecule has 2 rings (SSSR count). The Balaban J connectivity index is 2.31. The predicted molar refractivity (Wildman–Crippen MR) is 66.6 cm³/mol. The molecule has 0 aliphatic rings. The summed E-state index contributed by atoms with van der Waals surface area (Å²) in [4.78, 5) is 21.5. The molecule has 5 nitrogen and oxygen atoms in total. The third kappa shape index (κ3) is 2.40. The highest BCUT2D eigenvalue weighted by Crippen LogP contribution is 2.19. The van der Waals surface area contributed by atoms with Gasteiger partial charge in [-0.25, -0.2) is 9.59 Å². The molecule has 0 aliphatic heterocycles. The van der Waals surface area contributed by atoms with E-state index in [0.717, 1.165) is 10.8 Å². The minimum atomic E-state index is -1.65. The fourth-order valence-corrected chi connectivity index (χ4v) is 1.67. The summed E-state index contributed by atoms with van der Waals surface area (Å²) >= 11 is 0. The van der Waals surface area contributed by atoms with E-state index in [2.05, 4.69) is 5.32 Å². The maximum absolute atomic E-state index is 10.8. The van der Waals surface area contributed by atoms with Crippen LogP contribution in [-0.2, 0) is 9.59 Å². The second-order valence-corrected chi connectivity index (χ2v) is 3.82. The smallest absolute Gasteiger partial charge is 0.337 e. The normalized spacial score (nSPS) is 10.5. The van der Waals surface area contributed by atoms with Gasteiger partial charge < -0.3 is 15.5 Å². The van der Waals surface area contributed by atoms with Crippen molar-refractivity contribution in [1.82, 2.24) is 0 Å². The topological polar surface area (TPSA) is 86.6 Å². The lowest BCUT2D eigenvalue weighted by atomic mass is 10.1. The Morgan fingerprint density at radius 2 is 1.56 bits per heavy atom. The van der Waals surface area contributed by atoms with Gasteiger partial charge in [0.2, 0.25) is 6.04 Å². The number of carbonyl (C=O) groups is 2. The molecule has 18 heavy (non-hydrogen) atoms. The first-order valence-corrected chi connectivity index (χ1v) is 5.29. The van der Waals surface area contributed by atoms with E-state index in [4.69, 9.17) is 10.2 Å². The van der Waals surface area contributed by atoms with E-state index < -0.39 is 18.0 Å². The van der Waals surface area contributed by atoms with Crippen molar-refractivity contribution in [2.75, 3.05) is 5.32 Å².